The van der Waals surface area contributed by atoms with Crippen LogP contribution in [-0.4, -0.2) is 43.1 Å². The summed E-state index contributed by atoms with van der Waals surface area (Å²) in [6, 6.07) is -0.0880. The lowest BCUT2D eigenvalue weighted by Crippen LogP contribution is -2.39. The van der Waals surface area contributed by atoms with E-state index in [9.17, 15) is 9.59 Å². The molecule has 13 heavy (non-hydrogen) atoms. The Labute approximate surface area is 77.0 Å². The molecule has 0 bridgehead atoms. The summed E-state index contributed by atoms with van der Waals surface area (Å²) < 4.78 is 4.60. The van der Waals surface area contributed by atoms with Gasteiger partial charge in [-0.2, -0.15) is 0 Å². The van der Waals surface area contributed by atoms with Crippen LogP contribution in [0.4, 0.5) is 4.79 Å². The molecule has 0 aromatic heterocycles. The average molecular weight is 186 g/mol. The minimum absolute atomic E-state index is 0.0149. The molecule has 1 aliphatic rings. The number of carbonyl (C=O) groups is 2. The number of nitrogens with zero attached hydrogens (tertiary/aromatic N) is 1. The summed E-state index contributed by atoms with van der Waals surface area (Å²) in [6.45, 7) is 2.85. The Morgan fingerprint density at radius 1 is 1.69 bits per heavy atom. The summed E-state index contributed by atoms with van der Waals surface area (Å²) in [5, 5.41) is 2.70. The van der Waals surface area contributed by atoms with Crippen LogP contribution in [-0.2, 0) is 9.53 Å². The second-order valence-electron chi connectivity index (χ2n) is 3.07. The largest absolute Gasteiger partial charge is 0.453 e. The molecule has 0 radical (unpaired) electrons. The molecule has 1 heterocycles. The second-order valence-corrected chi connectivity index (χ2v) is 3.07. The van der Waals surface area contributed by atoms with Crippen molar-refractivity contribution in [3.63, 3.8) is 0 Å². The molecule has 5 nitrogen and oxygen atoms in total. The van der Waals surface area contributed by atoms with E-state index in [-0.39, 0.29) is 18.0 Å². The number of hydrogen-bond donors (Lipinski definition) is 1. The molecule has 1 fully saturated rings. The topological polar surface area (TPSA) is 58.6 Å². The zero-order valence-electron chi connectivity index (χ0n) is 7.87. The van der Waals surface area contributed by atoms with Gasteiger partial charge >= 0.3 is 6.09 Å². The normalized spacial score (nSPS) is 23.4. The smallest absolute Gasteiger partial charge is 0.409 e. The van der Waals surface area contributed by atoms with Crippen LogP contribution >= 0.6 is 0 Å². The predicted octanol–water partition coefficient (Wildman–Crippen LogP) is -0.0368. The molecule has 5 heteroatoms. The summed E-state index contributed by atoms with van der Waals surface area (Å²) >= 11 is 0. The zero-order chi connectivity index (χ0) is 9.84. The highest BCUT2D eigenvalue weighted by atomic mass is 16.5. The first-order chi connectivity index (χ1) is 6.15. The Balaban J connectivity index is 2.63. The van der Waals surface area contributed by atoms with Crippen molar-refractivity contribution >= 4 is 12.0 Å². The molecule has 0 aromatic rings. The van der Waals surface area contributed by atoms with Crippen molar-refractivity contribution in [1.29, 1.82) is 0 Å². The molecule has 1 atom stereocenters. The Morgan fingerprint density at radius 2 is 2.38 bits per heavy atom. The highest BCUT2D eigenvalue weighted by Crippen LogP contribution is 2.07. The fourth-order valence-electron chi connectivity index (χ4n) is 1.38. The van der Waals surface area contributed by atoms with E-state index in [2.05, 4.69) is 10.1 Å². The molecule has 1 saturated heterocycles. The Kier molecular flexibility index (Phi) is 3.11. The maximum atomic E-state index is 11.2. The molecule has 1 unspecified atom stereocenters. The Morgan fingerprint density at radius 3 is 3.00 bits per heavy atom. The molecular weight excluding hydrogens is 172 g/mol. The Bertz CT molecular complexity index is 217. The van der Waals surface area contributed by atoms with Crippen molar-refractivity contribution in [2.24, 2.45) is 0 Å². The quantitative estimate of drug-likeness (QED) is 0.577. The molecule has 0 aromatic carbocycles. The number of hydrogen-bond acceptors (Lipinski definition) is 3. The summed E-state index contributed by atoms with van der Waals surface area (Å²) in [6.07, 6.45) is -0.0289. The lowest BCUT2D eigenvalue weighted by Gasteiger charge is -2.24. The van der Waals surface area contributed by atoms with Crippen LogP contribution in [0.2, 0.25) is 0 Å². The van der Waals surface area contributed by atoms with Crippen LogP contribution in [0.25, 0.3) is 0 Å². The third-order valence-electron chi connectivity index (χ3n) is 2.10. The molecule has 2 amide bonds. The van der Waals surface area contributed by atoms with Crippen molar-refractivity contribution in [2.75, 3.05) is 20.2 Å². The molecule has 0 aliphatic carbocycles. The fourth-order valence-corrected chi connectivity index (χ4v) is 1.38. The SMILES string of the molecule is COC(=O)N1CCNC(=O)CC1C. The molecule has 1 aliphatic heterocycles. The van der Waals surface area contributed by atoms with Gasteiger partial charge < -0.3 is 15.0 Å². The van der Waals surface area contributed by atoms with Crippen molar-refractivity contribution in [1.82, 2.24) is 10.2 Å². The maximum absolute atomic E-state index is 11.2. The van der Waals surface area contributed by atoms with E-state index >= 15 is 0 Å². The molecule has 74 valence electrons. The molecule has 0 saturated carbocycles. The van der Waals surface area contributed by atoms with Gasteiger partial charge in [0.1, 0.15) is 0 Å². The first-order valence-corrected chi connectivity index (χ1v) is 4.26. The van der Waals surface area contributed by atoms with Gasteiger partial charge in [0.2, 0.25) is 5.91 Å². The van der Waals surface area contributed by atoms with E-state index in [0.717, 1.165) is 0 Å². The summed E-state index contributed by atoms with van der Waals surface area (Å²) in [5.41, 5.74) is 0. The van der Waals surface area contributed by atoms with Gasteiger partial charge in [0.25, 0.3) is 0 Å². The number of rotatable bonds is 0. The van der Waals surface area contributed by atoms with E-state index in [1.165, 1.54) is 7.11 Å². The monoisotopic (exact) mass is 186 g/mol. The lowest BCUT2D eigenvalue weighted by atomic mass is 10.2. The van der Waals surface area contributed by atoms with Gasteiger partial charge in [-0.3, -0.25) is 4.79 Å². The van der Waals surface area contributed by atoms with Gasteiger partial charge in [-0.15, -0.1) is 0 Å². The molecule has 0 spiro atoms. The summed E-state index contributed by atoms with van der Waals surface area (Å²) in [5.74, 6) is -0.0149. The van der Waals surface area contributed by atoms with Gasteiger partial charge in [-0.25, -0.2) is 4.79 Å². The summed E-state index contributed by atoms with van der Waals surface area (Å²) in [4.78, 5) is 23.8. The van der Waals surface area contributed by atoms with Crippen molar-refractivity contribution < 1.29 is 14.3 Å². The number of nitrogens with one attached hydrogen (secondary N) is 1. The van der Waals surface area contributed by atoms with Crippen LogP contribution in [0.3, 0.4) is 0 Å². The number of carbonyl (C=O) groups excluding carboxylic acids is 2. The highest BCUT2D eigenvalue weighted by molar-refractivity contribution is 5.78. The Hall–Kier alpha value is -1.26. The van der Waals surface area contributed by atoms with Crippen molar-refractivity contribution in [3.8, 4) is 0 Å². The van der Waals surface area contributed by atoms with Gasteiger partial charge in [0.05, 0.1) is 7.11 Å². The molecule has 1 N–H and O–H groups in total. The standard InChI is InChI=1S/C8H14N2O3/c1-6-5-7(11)9-3-4-10(6)8(12)13-2/h6H,3-5H2,1-2H3,(H,9,11). The fraction of sp³-hybridized carbons (Fsp3) is 0.750. The van der Waals surface area contributed by atoms with E-state index in [0.29, 0.717) is 19.5 Å². The first kappa shape index (κ1) is 9.83. The molecular formula is C8H14N2O3. The number of methoxy groups -OCH3 is 1. The second kappa shape index (κ2) is 4.11. The number of ether oxygens (including phenoxy) is 1. The van der Waals surface area contributed by atoms with E-state index in [4.69, 9.17) is 0 Å². The molecule has 1 rings (SSSR count). The summed E-state index contributed by atoms with van der Waals surface area (Å²) in [7, 11) is 1.34. The van der Waals surface area contributed by atoms with E-state index in [1.807, 2.05) is 6.92 Å². The lowest BCUT2D eigenvalue weighted by molar-refractivity contribution is -0.121. The zero-order valence-corrected chi connectivity index (χ0v) is 7.87. The minimum atomic E-state index is -0.371. The van der Waals surface area contributed by atoms with Crippen LogP contribution in [0.15, 0.2) is 0 Å². The third-order valence-corrected chi connectivity index (χ3v) is 2.10. The minimum Gasteiger partial charge on any atom is -0.453 e. The first-order valence-electron chi connectivity index (χ1n) is 4.26. The van der Waals surface area contributed by atoms with E-state index in [1.54, 1.807) is 4.90 Å². The van der Waals surface area contributed by atoms with Crippen molar-refractivity contribution in [3.05, 3.63) is 0 Å². The van der Waals surface area contributed by atoms with Crippen LogP contribution in [0.1, 0.15) is 13.3 Å². The van der Waals surface area contributed by atoms with Crippen LogP contribution in [0.5, 0.6) is 0 Å². The van der Waals surface area contributed by atoms with Crippen LogP contribution < -0.4 is 5.32 Å². The van der Waals surface area contributed by atoms with Gasteiger partial charge in [0, 0.05) is 25.6 Å². The average Bonchev–Trinajstić information content (AvgIpc) is 2.25. The van der Waals surface area contributed by atoms with Gasteiger partial charge in [-0.1, -0.05) is 0 Å². The van der Waals surface area contributed by atoms with Crippen LogP contribution in [0, 0.1) is 0 Å². The van der Waals surface area contributed by atoms with Crippen molar-refractivity contribution in [2.45, 2.75) is 19.4 Å². The van der Waals surface area contributed by atoms with E-state index < -0.39 is 0 Å². The predicted molar refractivity (Wildman–Crippen MR) is 46.2 cm³/mol. The van der Waals surface area contributed by atoms with Gasteiger partial charge in [0.15, 0.2) is 0 Å². The third kappa shape index (κ3) is 2.34. The maximum Gasteiger partial charge on any atom is 0.409 e. The van der Waals surface area contributed by atoms with Gasteiger partial charge in [-0.05, 0) is 6.92 Å². The highest BCUT2D eigenvalue weighted by Gasteiger charge is 2.25. The number of amides is 2.